The van der Waals surface area contributed by atoms with Crippen LogP contribution in [-0.2, 0) is 17.6 Å². The molecule has 2 aliphatic rings. The van der Waals surface area contributed by atoms with Crippen LogP contribution in [-0.4, -0.2) is 58.5 Å². The zero-order chi connectivity index (χ0) is 16.2. The van der Waals surface area contributed by atoms with Crippen molar-refractivity contribution in [2.45, 2.75) is 24.3 Å². The van der Waals surface area contributed by atoms with Gasteiger partial charge in [0, 0.05) is 54.6 Å². The molecule has 1 aliphatic heterocycles. The molecule has 0 radical (unpaired) electrons. The van der Waals surface area contributed by atoms with Gasteiger partial charge in [-0.2, -0.15) is 0 Å². The number of ether oxygens (including phenoxy) is 1. The van der Waals surface area contributed by atoms with Crippen LogP contribution in [0, 0.1) is 0 Å². The molecule has 0 spiro atoms. The molecule has 126 valence electrons. The number of rotatable bonds is 5. The van der Waals surface area contributed by atoms with E-state index in [2.05, 4.69) is 9.88 Å². The van der Waals surface area contributed by atoms with Crippen LogP contribution in [0.2, 0.25) is 0 Å². The van der Waals surface area contributed by atoms with E-state index in [0.29, 0.717) is 0 Å². The third-order valence-corrected chi connectivity index (χ3v) is 5.58. The fourth-order valence-electron chi connectivity index (χ4n) is 3.24. The molecule has 3 heterocycles. The van der Waals surface area contributed by atoms with E-state index in [0.717, 1.165) is 62.8 Å². The summed E-state index contributed by atoms with van der Waals surface area (Å²) < 4.78 is 5.42. The lowest BCUT2D eigenvalue weighted by Crippen LogP contribution is -2.37. The number of thioether (sulfide) groups is 1. The van der Waals surface area contributed by atoms with Crippen LogP contribution < -0.4 is 0 Å². The molecule has 2 aromatic heterocycles. The summed E-state index contributed by atoms with van der Waals surface area (Å²) in [5, 5.41) is 1.18. The summed E-state index contributed by atoms with van der Waals surface area (Å²) in [6.07, 6.45) is 6.99. The van der Waals surface area contributed by atoms with E-state index < -0.39 is 0 Å². The number of morpholine rings is 1. The van der Waals surface area contributed by atoms with Crippen LogP contribution in [0.1, 0.15) is 17.7 Å². The molecule has 0 bridgehead atoms. The Balaban J connectivity index is 1.50. The summed E-state index contributed by atoms with van der Waals surface area (Å²) in [5.74, 6) is 1.91. The van der Waals surface area contributed by atoms with Crippen molar-refractivity contribution < 1.29 is 4.74 Å². The molecule has 0 unspecified atom stereocenters. The quantitative estimate of drug-likeness (QED) is 0.614. The molecule has 0 atom stereocenters. The molecule has 1 fully saturated rings. The number of nitrogens with zero attached hydrogens (tertiary/aromatic N) is 4. The molecular weight excluding hydrogens is 320 g/mol. The van der Waals surface area contributed by atoms with Crippen molar-refractivity contribution >= 4 is 11.8 Å². The SMILES string of the molecule is c1cc(-c2nc3c(c(SCCN4CCOCC4)n2)CCC3)ccn1. The van der Waals surface area contributed by atoms with Crippen molar-refractivity contribution in [3.05, 3.63) is 35.8 Å². The Morgan fingerprint density at radius 3 is 2.75 bits per heavy atom. The lowest BCUT2D eigenvalue weighted by atomic mass is 10.2. The normalized spacial score (nSPS) is 17.8. The second-order valence-corrected chi connectivity index (χ2v) is 7.25. The van der Waals surface area contributed by atoms with Crippen molar-refractivity contribution in [1.29, 1.82) is 0 Å². The number of hydrogen-bond acceptors (Lipinski definition) is 6. The summed E-state index contributed by atoms with van der Waals surface area (Å²) in [5.41, 5.74) is 3.67. The Bertz CT molecular complexity index is 689. The van der Waals surface area contributed by atoms with Crippen LogP contribution in [0.5, 0.6) is 0 Å². The van der Waals surface area contributed by atoms with E-state index in [1.54, 1.807) is 12.4 Å². The van der Waals surface area contributed by atoms with Crippen LogP contribution in [0.15, 0.2) is 29.6 Å². The zero-order valence-corrected chi connectivity index (χ0v) is 14.6. The molecule has 0 saturated carbocycles. The third-order valence-electron chi connectivity index (χ3n) is 4.58. The minimum Gasteiger partial charge on any atom is -0.379 e. The van der Waals surface area contributed by atoms with Gasteiger partial charge in [0.05, 0.1) is 13.2 Å². The van der Waals surface area contributed by atoms with Crippen LogP contribution >= 0.6 is 11.8 Å². The second-order valence-electron chi connectivity index (χ2n) is 6.17. The first-order chi connectivity index (χ1) is 11.9. The molecule has 0 N–H and O–H groups in total. The maximum absolute atomic E-state index is 5.42. The molecule has 0 aromatic carbocycles. The lowest BCUT2D eigenvalue weighted by molar-refractivity contribution is 0.0410. The molecule has 0 amide bonds. The first kappa shape index (κ1) is 16.0. The highest BCUT2D eigenvalue weighted by molar-refractivity contribution is 7.99. The Labute approximate surface area is 146 Å². The molecule has 24 heavy (non-hydrogen) atoms. The highest BCUT2D eigenvalue weighted by atomic mass is 32.2. The van der Waals surface area contributed by atoms with Crippen LogP contribution in [0.4, 0.5) is 0 Å². The Kier molecular flexibility index (Phi) is 5.06. The monoisotopic (exact) mass is 342 g/mol. The van der Waals surface area contributed by atoms with E-state index in [1.807, 2.05) is 23.9 Å². The minimum absolute atomic E-state index is 0.840. The Morgan fingerprint density at radius 1 is 1.08 bits per heavy atom. The van der Waals surface area contributed by atoms with E-state index in [-0.39, 0.29) is 0 Å². The smallest absolute Gasteiger partial charge is 0.160 e. The van der Waals surface area contributed by atoms with Gasteiger partial charge in [-0.05, 0) is 31.4 Å². The Morgan fingerprint density at radius 2 is 1.92 bits per heavy atom. The van der Waals surface area contributed by atoms with Gasteiger partial charge in [-0.25, -0.2) is 9.97 Å². The zero-order valence-electron chi connectivity index (χ0n) is 13.8. The van der Waals surface area contributed by atoms with Gasteiger partial charge in [-0.1, -0.05) is 0 Å². The fraction of sp³-hybridized carbons (Fsp3) is 0.500. The standard InChI is InChI=1S/C18H22N4OS/c1-2-15-16(3-1)20-17(14-4-6-19-7-5-14)21-18(15)24-13-10-22-8-11-23-12-9-22/h4-7H,1-3,8-13H2. The van der Waals surface area contributed by atoms with Crippen molar-refractivity contribution in [3.63, 3.8) is 0 Å². The molecule has 1 aliphatic carbocycles. The van der Waals surface area contributed by atoms with Gasteiger partial charge in [-0.15, -0.1) is 11.8 Å². The van der Waals surface area contributed by atoms with Gasteiger partial charge < -0.3 is 4.74 Å². The fourth-order valence-corrected chi connectivity index (χ4v) is 4.33. The first-order valence-electron chi connectivity index (χ1n) is 8.63. The predicted octanol–water partition coefficient (Wildman–Crippen LogP) is 2.45. The first-order valence-corrected chi connectivity index (χ1v) is 9.62. The van der Waals surface area contributed by atoms with Crippen LogP contribution in [0.3, 0.4) is 0 Å². The van der Waals surface area contributed by atoms with Crippen molar-refractivity contribution in [2.75, 3.05) is 38.6 Å². The molecule has 5 nitrogen and oxygen atoms in total. The molecule has 1 saturated heterocycles. The number of pyridine rings is 1. The summed E-state index contributed by atoms with van der Waals surface area (Å²) in [4.78, 5) is 16.2. The van der Waals surface area contributed by atoms with Gasteiger partial charge in [0.1, 0.15) is 5.03 Å². The summed E-state index contributed by atoms with van der Waals surface area (Å²) in [6, 6.07) is 3.97. The minimum atomic E-state index is 0.840. The predicted molar refractivity (Wildman–Crippen MR) is 95.3 cm³/mol. The maximum atomic E-state index is 5.42. The summed E-state index contributed by atoms with van der Waals surface area (Å²) in [7, 11) is 0. The van der Waals surface area contributed by atoms with Crippen molar-refractivity contribution in [1.82, 2.24) is 19.9 Å². The van der Waals surface area contributed by atoms with Gasteiger partial charge >= 0.3 is 0 Å². The van der Waals surface area contributed by atoms with Gasteiger partial charge in [0.15, 0.2) is 5.82 Å². The second kappa shape index (κ2) is 7.59. The number of aryl methyl sites for hydroxylation is 1. The van der Waals surface area contributed by atoms with Crippen LogP contribution in [0.25, 0.3) is 11.4 Å². The highest BCUT2D eigenvalue weighted by Crippen LogP contribution is 2.31. The number of aromatic nitrogens is 3. The number of hydrogen-bond donors (Lipinski definition) is 0. The van der Waals surface area contributed by atoms with E-state index >= 15 is 0 Å². The van der Waals surface area contributed by atoms with Gasteiger partial charge in [-0.3, -0.25) is 9.88 Å². The van der Waals surface area contributed by atoms with Gasteiger partial charge in [0.25, 0.3) is 0 Å². The largest absolute Gasteiger partial charge is 0.379 e. The third kappa shape index (κ3) is 3.61. The lowest BCUT2D eigenvalue weighted by Gasteiger charge is -2.26. The average Bonchev–Trinajstić information content (AvgIpc) is 3.12. The van der Waals surface area contributed by atoms with Crippen molar-refractivity contribution in [2.24, 2.45) is 0 Å². The van der Waals surface area contributed by atoms with E-state index in [1.165, 1.54) is 22.7 Å². The topological polar surface area (TPSA) is 51.1 Å². The average molecular weight is 342 g/mol. The molecule has 2 aromatic rings. The molecular formula is C18H22N4OS. The number of fused-ring (bicyclic) bond motifs is 1. The molecule has 4 rings (SSSR count). The van der Waals surface area contributed by atoms with E-state index in [9.17, 15) is 0 Å². The maximum Gasteiger partial charge on any atom is 0.160 e. The van der Waals surface area contributed by atoms with Gasteiger partial charge in [0.2, 0.25) is 0 Å². The summed E-state index contributed by atoms with van der Waals surface area (Å²) >= 11 is 1.88. The van der Waals surface area contributed by atoms with Crippen molar-refractivity contribution in [3.8, 4) is 11.4 Å². The summed E-state index contributed by atoms with van der Waals surface area (Å²) in [6.45, 7) is 4.91. The highest BCUT2D eigenvalue weighted by Gasteiger charge is 2.20. The van der Waals surface area contributed by atoms with E-state index in [4.69, 9.17) is 14.7 Å². The molecule has 6 heteroatoms. The Hall–Kier alpha value is -1.50.